The average Bonchev–Trinajstić information content (AvgIpc) is 3.39. The molecule has 0 fully saturated rings. The van der Waals surface area contributed by atoms with Crippen LogP contribution in [0.25, 0.3) is 10.9 Å². The molecule has 0 aliphatic carbocycles. The standard InChI is InChI=1S/C28H27N7O4/c1-37-23-6-4-19(5-7-23)16-35-27(31-32-33-35)18-34(15-20-3-2-8-29-14-20)17-22-11-21-12-25-26(39-10-9-38-25)13-24(21)30-28(22)36/h2-8,11-14H,9-10,15-18H2,1H3,(H,30,36). The number of aromatic amines is 1. The molecule has 2 aromatic carbocycles. The lowest BCUT2D eigenvalue weighted by Crippen LogP contribution is -2.28. The third-order valence-electron chi connectivity index (χ3n) is 6.57. The summed E-state index contributed by atoms with van der Waals surface area (Å²) in [6.45, 7) is 2.86. The lowest BCUT2D eigenvalue weighted by atomic mass is 10.1. The van der Waals surface area contributed by atoms with Gasteiger partial charge in [-0.05, 0) is 51.9 Å². The van der Waals surface area contributed by atoms with E-state index in [0.717, 1.165) is 22.3 Å². The van der Waals surface area contributed by atoms with E-state index < -0.39 is 0 Å². The van der Waals surface area contributed by atoms with Crippen molar-refractivity contribution in [3.8, 4) is 17.2 Å². The summed E-state index contributed by atoms with van der Waals surface area (Å²) in [5.74, 6) is 2.79. The minimum Gasteiger partial charge on any atom is -0.497 e. The zero-order chi connectivity index (χ0) is 26.6. The largest absolute Gasteiger partial charge is 0.497 e. The quantitative estimate of drug-likeness (QED) is 0.310. The van der Waals surface area contributed by atoms with Crippen molar-refractivity contribution in [3.63, 3.8) is 0 Å². The molecule has 0 unspecified atom stereocenters. The van der Waals surface area contributed by atoms with Crippen LogP contribution < -0.4 is 19.8 Å². The van der Waals surface area contributed by atoms with Gasteiger partial charge in [-0.1, -0.05) is 18.2 Å². The van der Waals surface area contributed by atoms with Crippen LogP contribution in [-0.2, 0) is 26.2 Å². The highest BCUT2D eigenvalue weighted by Crippen LogP contribution is 2.33. The van der Waals surface area contributed by atoms with Crippen molar-refractivity contribution in [2.75, 3.05) is 20.3 Å². The van der Waals surface area contributed by atoms with E-state index >= 15 is 0 Å². The molecule has 0 saturated carbocycles. The van der Waals surface area contributed by atoms with Crippen LogP contribution in [0.4, 0.5) is 0 Å². The Balaban J connectivity index is 1.28. The number of benzene rings is 2. The Morgan fingerprint density at radius 3 is 2.59 bits per heavy atom. The van der Waals surface area contributed by atoms with E-state index in [2.05, 4.69) is 30.4 Å². The van der Waals surface area contributed by atoms with E-state index in [9.17, 15) is 4.79 Å². The van der Waals surface area contributed by atoms with Crippen LogP contribution in [0, 0.1) is 0 Å². The molecule has 3 aromatic heterocycles. The molecule has 1 aliphatic rings. The highest BCUT2D eigenvalue weighted by molar-refractivity contribution is 5.83. The molecule has 39 heavy (non-hydrogen) atoms. The normalized spacial score (nSPS) is 12.7. The molecule has 0 spiro atoms. The highest BCUT2D eigenvalue weighted by Gasteiger charge is 2.18. The van der Waals surface area contributed by atoms with Crippen molar-refractivity contribution < 1.29 is 14.2 Å². The summed E-state index contributed by atoms with van der Waals surface area (Å²) in [7, 11) is 1.64. The predicted octanol–water partition coefficient (Wildman–Crippen LogP) is 2.94. The summed E-state index contributed by atoms with van der Waals surface area (Å²) >= 11 is 0. The molecule has 11 heteroatoms. The van der Waals surface area contributed by atoms with Crippen LogP contribution in [0.15, 0.2) is 71.8 Å². The van der Waals surface area contributed by atoms with Crippen molar-refractivity contribution in [3.05, 3.63) is 99.9 Å². The molecule has 0 bridgehead atoms. The van der Waals surface area contributed by atoms with Gasteiger partial charge in [-0.25, -0.2) is 4.68 Å². The molecule has 5 aromatic rings. The fraction of sp³-hybridized carbons (Fsp3) is 0.250. The van der Waals surface area contributed by atoms with Crippen LogP contribution in [0.2, 0.25) is 0 Å². The SMILES string of the molecule is COc1ccc(Cn2nnnc2CN(Cc2cccnc2)Cc2cc3cc4c(cc3[nH]c2=O)OCCO4)cc1. The van der Waals surface area contributed by atoms with Crippen LogP contribution in [0.5, 0.6) is 17.2 Å². The Morgan fingerprint density at radius 2 is 1.82 bits per heavy atom. The number of nitrogens with zero attached hydrogens (tertiary/aromatic N) is 6. The van der Waals surface area contributed by atoms with E-state index in [1.165, 1.54) is 0 Å². The fourth-order valence-corrected chi connectivity index (χ4v) is 4.63. The summed E-state index contributed by atoms with van der Waals surface area (Å²) in [5, 5.41) is 13.3. The molecule has 1 N–H and O–H groups in total. The second kappa shape index (κ2) is 10.9. The van der Waals surface area contributed by atoms with Crippen molar-refractivity contribution in [1.82, 2.24) is 35.1 Å². The van der Waals surface area contributed by atoms with Crippen molar-refractivity contribution >= 4 is 10.9 Å². The maximum absolute atomic E-state index is 13.1. The second-order valence-corrected chi connectivity index (χ2v) is 9.31. The minimum absolute atomic E-state index is 0.159. The summed E-state index contributed by atoms with van der Waals surface area (Å²) in [5.41, 5.74) is 3.23. The lowest BCUT2D eigenvalue weighted by molar-refractivity contribution is 0.172. The maximum Gasteiger partial charge on any atom is 0.252 e. The van der Waals surface area contributed by atoms with Crippen LogP contribution in [0.1, 0.15) is 22.5 Å². The number of pyridine rings is 2. The molecule has 11 nitrogen and oxygen atoms in total. The van der Waals surface area contributed by atoms with E-state index in [1.807, 2.05) is 60.8 Å². The Bertz CT molecular complexity index is 1630. The number of H-pyrrole nitrogens is 1. The van der Waals surface area contributed by atoms with Crippen molar-refractivity contribution in [1.29, 1.82) is 0 Å². The number of methoxy groups -OCH3 is 1. The lowest BCUT2D eigenvalue weighted by Gasteiger charge is -2.22. The third-order valence-corrected chi connectivity index (χ3v) is 6.57. The Hall–Kier alpha value is -4.77. The fourth-order valence-electron chi connectivity index (χ4n) is 4.63. The van der Waals surface area contributed by atoms with E-state index in [4.69, 9.17) is 14.2 Å². The predicted molar refractivity (Wildman–Crippen MR) is 143 cm³/mol. The van der Waals surface area contributed by atoms with Gasteiger partial charge in [0.25, 0.3) is 5.56 Å². The van der Waals surface area contributed by atoms with Gasteiger partial charge in [-0.2, -0.15) is 0 Å². The Labute approximate surface area is 224 Å². The molecule has 198 valence electrons. The first kappa shape index (κ1) is 24.6. The van der Waals surface area contributed by atoms with Gasteiger partial charge in [0.2, 0.25) is 0 Å². The Morgan fingerprint density at radius 1 is 1.00 bits per heavy atom. The van der Waals surface area contributed by atoms with Crippen molar-refractivity contribution in [2.24, 2.45) is 0 Å². The summed E-state index contributed by atoms with van der Waals surface area (Å²) in [4.78, 5) is 22.5. The number of aromatic nitrogens is 6. The summed E-state index contributed by atoms with van der Waals surface area (Å²) < 4.78 is 18.4. The highest BCUT2D eigenvalue weighted by atomic mass is 16.6. The van der Waals surface area contributed by atoms with Gasteiger partial charge in [-0.3, -0.25) is 14.7 Å². The number of tetrazole rings is 1. The number of hydrogen-bond acceptors (Lipinski definition) is 9. The van der Waals surface area contributed by atoms with Gasteiger partial charge in [0.1, 0.15) is 19.0 Å². The summed E-state index contributed by atoms with van der Waals surface area (Å²) in [6.07, 6.45) is 3.56. The molecular weight excluding hydrogens is 498 g/mol. The second-order valence-electron chi connectivity index (χ2n) is 9.31. The summed E-state index contributed by atoms with van der Waals surface area (Å²) in [6, 6.07) is 17.3. The number of nitrogens with one attached hydrogen (secondary N) is 1. The van der Waals surface area contributed by atoms with E-state index in [1.54, 1.807) is 18.0 Å². The molecule has 4 heterocycles. The monoisotopic (exact) mass is 525 g/mol. The van der Waals surface area contributed by atoms with E-state index in [-0.39, 0.29) is 5.56 Å². The number of ether oxygens (including phenoxy) is 3. The first-order valence-electron chi connectivity index (χ1n) is 12.6. The first-order chi connectivity index (χ1) is 19.1. The third kappa shape index (κ3) is 5.58. The zero-order valence-corrected chi connectivity index (χ0v) is 21.4. The smallest absolute Gasteiger partial charge is 0.252 e. The molecular formula is C28H27N7O4. The molecule has 0 atom stereocenters. The van der Waals surface area contributed by atoms with Gasteiger partial charge in [0, 0.05) is 42.5 Å². The zero-order valence-electron chi connectivity index (χ0n) is 21.4. The van der Waals surface area contributed by atoms with Gasteiger partial charge in [-0.15, -0.1) is 5.10 Å². The van der Waals surface area contributed by atoms with Gasteiger partial charge >= 0.3 is 0 Å². The van der Waals surface area contributed by atoms with Crippen LogP contribution in [-0.4, -0.2) is 55.4 Å². The minimum atomic E-state index is -0.159. The number of hydrogen-bond donors (Lipinski definition) is 1. The van der Waals surface area contributed by atoms with Crippen LogP contribution in [0.3, 0.4) is 0 Å². The number of rotatable bonds is 9. The molecule has 0 amide bonds. The van der Waals surface area contributed by atoms with Crippen LogP contribution >= 0.6 is 0 Å². The van der Waals surface area contributed by atoms with Gasteiger partial charge in [0.15, 0.2) is 17.3 Å². The molecule has 1 aliphatic heterocycles. The van der Waals surface area contributed by atoms with Gasteiger partial charge in [0.05, 0.1) is 25.7 Å². The first-order valence-corrected chi connectivity index (χ1v) is 12.6. The van der Waals surface area contributed by atoms with Crippen molar-refractivity contribution in [2.45, 2.75) is 26.2 Å². The molecule has 6 rings (SSSR count). The van der Waals surface area contributed by atoms with Gasteiger partial charge < -0.3 is 19.2 Å². The Kier molecular flexibility index (Phi) is 6.88. The maximum atomic E-state index is 13.1. The average molecular weight is 526 g/mol. The molecule has 0 saturated heterocycles. The number of fused-ring (bicyclic) bond motifs is 2. The topological polar surface area (TPSA) is 120 Å². The molecule has 0 radical (unpaired) electrons. The van der Waals surface area contributed by atoms with E-state index in [0.29, 0.717) is 67.8 Å².